The zero-order valence-corrected chi connectivity index (χ0v) is 14.1. The van der Waals surface area contributed by atoms with Crippen LogP contribution in [0.15, 0.2) is 18.6 Å². The van der Waals surface area contributed by atoms with Gasteiger partial charge in [0.25, 0.3) is 0 Å². The Kier molecular flexibility index (Phi) is 7.05. The lowest BCUT2D eigenvalue weighted by molar-refractivity contribution is 0.131. The first-order valence-electron chi connectivity index (χ1n) is 9.09. The first-order valence-corrected chi connectivity index (χ1v) is 9.09. The van der Waals surface area contributed by atoms with E-state index in [9.17, 15) is 0 Å². The van der Waals surface area contributed by atoms with Crippen molar-refractivity contribution >= 4 is 16.9 Å². The fourth-order valence-corrected chi connectivity index (χ4v) is 4.39. The van der Waals surface area contributed by atoms with Gasteiger partial charge in [0.2, 0.25) is 0 Å². The van der Waals surface area contributed by atoms with Crippen LogP contribution < -0.4 is 4.90 Å². The highest BCUT2D eigenvalue weighted by molar-refractivity contribution is 5.87. The summed E-state index contributed by atoms with van der Waals surface area (Å²) in [5.41, 5.74) is 0.913. The smallest absolute Gasteiger partial charge is 0.142 e. The van der Waals surface area contributed by atoms with Crippen LogP contribution in [0.3, 0.4) is 0 Å². The fourth-order valence-electron chi connectivity index (χ4n) is 4.39. The molecule has 1 atom stereocenters. The fraction of sp³-hybridized carbons (Fsp3) is 0.619. The summed E-state index contributed by atoms with van der Waals surface area (Å²) in [6.45, 7) is 2.82. The minimum atomic E-state index is 0. The van der Waals surface area contributed by atoms with Gasteiger partial charge in [-0.2, -0.15) is 0 Å². The van der Waals surface area contributed by atoms with Gasteiger partial charge in [-0.05, 0) is 25.3 Å². The van der Waals surface area contributed by atoms with Gasteiger partial charge in [-0.3, -0.25) is 4.90 Å². The molecule has 26 heavy (non-hydrogen) atoms. The molecule has 1 N–H and O–H groups in total. The summed E-state index contributed by atoms with van der Waals surface area (Å²) in [5, 5.41) is 1.11. The SMILES string of the molecule is C.C.C#CCN(C1CCCCC1)[C@@H]1CCN(c2ncnc3[nH]ccc23)C1. The lowest BCUT2D eigenvalue weighted by Crippen LogP contribution is -2.45. The number of hydrogen-bond acceptors (Lipinski definition) is 4. The summed E-state index contributed by atoms with van der Waals surface area (Å²) in [6.07, 6.45) is 17.1. The third-order valence-electron chi connectivity index (χ3n) is 5.58. The van der Waals surface area contributed by atoms with Crippen molar-refractivity contribution in [1.82, 2.24) is 19.9 Å². The van der Waals surface area contributed by atoms with E-state index in [1.165, 1.54) is 32.1 Å². The van der Waals surface area contributed by atoms with Crippen LogP contribution in [0, 0.1) is 12.3 Å². The number of nitrogens with one attached hydrogen (secondary N) is 1. The molecule has 5 heteroatoms. The van der Waals surface area contributed by atoms with Crippen LogP contribution in [0.1, 0.15) is 53.4 Å². The second-order valence-corrected chi connectivity index (χ2v) is 6.99. The summed E-state index contributed by atoms with van der Waals surface area (Å²) in [6, 6.07) is 3.27. The molecule has 3 heterocycles. The average Bonchev–Trinajstić information content (AvgIpc) is 3.29. The van der Waals surface area contributed by atoms with Crippen LogP contribution in [0.4, 0.5) is 5.82 Å². The Morgan fingerprint density at radius 3 is 2.73 bits per heavy atom. The lowest BCUT2D eigenvalue weighted by Gasteiger charge is -2.37. The zero-order valence-electron chi connectivity index (χ0n) is 14.1. The minimum absolute atomic E-state index is 0. The Morgan fingerprint density at radius 2 is 1.96 bits per heavy atom. The molecule has 2 aromatic rings. The molecule has 2 aliphatic rings. The normalized spacial score (nSPS) is 20.6. The molecule has 0 bridgehead atoms. The minimum Gasteiger partial charge on any atom is -0.354 e. The highest BCUT2D eigenvalue weighted by Crippen LogP contribution is 2.30. The van der Waals surface area contributed by atoms with Crippen molar-refractivity contribution in [3.63, 3.8) is 0 Å². The summed E-state index contributed by atoms with van der Waals surface area (Å²) in [5.74, 6) is 3.95. The zero-order chi connectivity index (χ0) is 16.4. The predicted molar refractivity (Wildman–Crippen MR) is 110 cm³/mol. The largest absolute Gasteiger partial charge is 0.354 e. The van der Waals surface area contributed by atoms with E-state index in [1.54, 1.807) is 6.33 Å². The van der Waals surface area contributed by atoms with Gasteiger partial charge in [-0.25, -0.2) is 9.97 Å². The second-order valence-electron chi connectivity index (χ2n) is 6.99. The molecule has 0 aromatic carbocycles. The van der Waals surface area contributed by atoms with Crippen molar-refractivity contribution in [3.05, 3.63) is 18.6 Å². The van der Waals surface area contributed by atoms with E-state index in [0.717, 1.165) is 42.9 Å². The molecule has 1 saturated carbocycles. The average molecular weight is 356 g/mol. The number of aromatic amines is 1. The van der Waals surface area contributed by atoms with Gasteiger partial charge in [0.1, 0.15) is 17.8 Å². The van der Waals surface area contributed by atoms with Gasteiger partial charge >= 0.3 is 0 Å². The van der Waals surface area contributed by atoms with Gasteiger partial charge < -0.3 is 9.88 Å². The van der Waals surface area contributed by atoms with E-state index < -0.39 is 0 Å². The van der Waals surface area contributed by atoms with E-state index in [1.807, 2.05) is 6.20 Å². The second kappa shape index (κ2) is 9.05. The Labute approximate surface area is 158 Å². The van der Waals surface area contributed by atoms with Crippen LogP contribution in [0.2, 0.25) is 0 Å². The highest BCUT2D eigenvalue weighted by Gasteiger charge is 2.33. The van der Waals surface area contributed by atoms with Crippen molar-refractivity contribution in [3.8, 4) is 12.3 Å². The molecule has 0 amide bonds. The predicted octanol–water partition coefficient (Wildman–Crippen LogP) is 4.08. The van der Waals surface area contributed by atoms with E-state index in [-0.39, 0.29) is 14.9 Å². The monoisotopic (exact) mass is 355 g/mol. The van der Waals surface area contributed by atoms with Crippen molar-refractivity contribution in [2.75, 3.05) is 24.5 Å². The molecule has 0 radical (unpaired) electrons. The maximum absolute atomic E-state index is 5.68. The van der Waals surface area contributed by atoms with Gasteiger partial charge in [-0.15, -0.1) is 6.42 Å². The third-order valence-corrected chi connectivity index (χ3v) is 5.58. The molecule has 5 nitrogen and oxygen atoms in total. The molecule has 4 rings (SSSR count). The number of hydrogen-bond donors (Lipinski definition) is 1. The molecule has 1 aliphatic carbocycles. The summed E-state index contributed by atoms with van der Waals surface area (Å²) in [4.78, 5) is 17.0. The van der Waals surface area contributed by atoms with Crippen molar-refractivity contribution < 1.29 is 0 Å². The van der Waals surface area contributed by atoms with Crippen LogP contribution in [-0.2, 0) is 0 Å². The number of fused-ring (bicyclic) bond motifs is 1. The van der Waals surface area contributed by atoms with Crippen LogP contribution in [0.25, 0.3) is 11.0 Å². The number of rotatable bonds is 4. The van der Waals surface area contributed by atoms with Crippen LogP contribution in [-0.4, -0.2) is 51.6 Å². The molecule has 2 fully saturated rings. The maximum Gasteiger partial charge on any atom is 0.142 e. The highest BCUT2D eigenvalue weighted by atomic mass is 15.3. The standard InChI is InChI=1S/C19H25N5.2CH4/c1-2-11-24(15-6-4-3-5-7-15)16-9-12-23(13-16)19-17-8-10-20-18(17)21-14-22-19;;/h1,8,10,14-16H,3-7,9,11-13H2,(H,20,21,22);2*1H4/t16-;;/m1../s1. The van der Waals surface area contributed by atoms with Gasteiger partial charge in [0.05, 0.1) is 11.9 Å². The molecule has 0 unspecified atom stereocenters. The van der Waals surface area contributed by atoms with Crippen molar-refractivity contribution in [1.29, 1.82) is 0 Å². The maximum atomic E-state index is 5.68. The summed E-state index contributed by atoms with van der Waals surface area (Å²) < 4.78 is 0. The summed E-state index contributed by atoms with van der Waals surface area (Å²) >= 11 is 0. The molecule has 142 valence electrons. The molecular weight excluding hydrogens is 322 g/mol. The first kappa shape index (κ1) is 20.3. The van der Waals surface area contributed by atoms with Crippen molar-refractivity contribution in [2.24, 2.45) is 0 Å². The van der Waals surface area contributed by atoms with Gasteiger partial charge in [-0.1, -0.05) is 40.0 Å². The molecule has 1 saturated heterocycles. The topological polar surface area (TPSA) is 48.1 Å². The molecule has 2 aromatic heterocycles. The van der Waals surface area contributed by atoms with E-state index >= 15 is 0 Å². The number of aromatic nitrogens is 3. The van der Waals surface area contributed by atoms with Gasteiger partial charge in [0, 0.05) is 31.4 Å². The van der Waals surface area contributed by atoms with Crippen LogP contribution >= 0.6 is 0 Å². The van der Waals surface area contributed by atoms with Crippen molar-refractivity contribution in [2.45, 2.75) is 65.5 Å². The number of terminal acetylenes is 1. The first-order chi connectivity index (χ1) is 11.9. The molecule has 0 spiro atoms. The van der Waals surface area contributed by atoms with E-state index in [2.05, 4.69) is 36.7 Å². The summed E-state index contributed by atoms with van der Waals surface area (Å²) in [7, 11) is 0. The quantitative estimate of drug-likeness (QED) is 0.840. The van der Waals surface area contributed by atoms with Crippen LogP contribution in [0.5, 0.6) is 0 Å². The molecular formula is C21H33N5. The Balaban J connectivity index is 0.00000121. The van der Waals surface area contributed by atoms with Gasteiger partial charge in [0.15, 0.2) is 0 Å². The number of anilines is 1. The third kappa shape index (κ3) is 3.86. The Bertz CT molecular complexity index is 725. The Hall–Kier alpha value is -2.06. The lowest BCUT2D eigenvalue weighted by atomic mass is 9.93. The van der Waals surface area contributed by atoms with E-state index in [4.69, 9.17) is 6.42 Å². The van der Waals surface area contributed by atoms with E-state index in [0.29, 0.717) is 12.1 Å². The number of H-pyrrole nitrogens is 1. The number of nitrogens with zero attached hydrogens (tertiary/aromatic N) is 4. The molecule has 1 aliphatic heterocycles. The Morgan fingerprint density at radius 1 is 1.15 bits per heavy atom.